The number of amidine groups is 2. The van der Waals surface area contributed by atoms with E-state index in [9.17, 15) is 10.1 Å². The highest BCUT2D eigenvalue weighted by Gasteiger charge is 2.49. The summed E-state index contributed by atoms with van der Waals surface area (Å²) in [4.78, 5) is 10.7. The molecule has 1 fully saturated rings. The molecule has 0 aliphatic carbocycles. The summed E-state index contributed by atoms with van der Waals surface area (Å²) < 4.78 is 0. The van der Waals surface area contributed by atoms with E-state index in [-0.39, 0.29) is 27.6 Å². The van der Waals surface area contributed by atoms with Gasteiger partial charge in [-0.25, -0.2) is 5.01 Å². The van der Waals surface area contributed by atoms with Crippen LogP contribution < -0.4 is 16.3 Å². The summed E-state index contributed by atoms with van der Waals surface area (Å²) in [5, 5.41) is 22.8. The fourth-order valence-electron chi connectivity index (χ4n) is 3.20. The zero-order valence-corrected chi connectivity index (χ0v) is 14.7. The molecule has 1 saturated heterocycles. The molecule has 0 spiro atoms. The minimum absolute atomic E-state index is 0.0135. The van der Waals surface area contributed by atoms with Crippen LogP contribution in [0.3, 0.4) is 0 Å². The third kappa shape index (κ3) is 2.52. The molecule has 1 aromatic rings. The van der Waals surface area contributed by atoms with E-state index in [4.69, 9.17) is 0 Å². The molecular formula is C15H19N7O2S. The van der Waals surface area contributed by atoms with Gasteiger partial charge in [0, 0.05) is 12.1 Å². The average Bonchev–Trinajstić information content (AvgIpc) is 3.20. The molecule has 1 aromatic carbocycles. The zero-order valence-electron chi connectivity index (χ0n) is 13.9. The van der Waals surface area contributed by atoms with Gasteiger partial charge in [-0.2, -0.15) is 15.6 Å². The van der Waals surface area contributed by atoms with Gasteiger partial charge in [0.05, 0.1) is 16.2 Å². The summed E-state index contributed by atoms with van der Waals surface area (Å²) in [6.45, 7) is 4.21. The summed E-state index contributed by atoms with van der Waals surface area (Å²) in [6, 6.07) is 6.56. The molecule has 9 nitrogen and oxygen atoms in total. The number of nitrogens with one attached hydrogen (secondary N) is 3. The third-order valence-corrected chi connectivity index (χ3v) is 6.09. The van der Waals surface area contributed by atoms with Crippen molar-refractivity contribution in [1.29, 1.82) is 0 Å². The number of fused-ring (bicyclic) bond motifs is 3. The number of nitro benzene ring substituents is 1. The fraction of sp³-hybridized carbons (Fsp3) is 0.467. The first kappa shape index (κ1) is 16.2. The number of rotatable bonds is 4. The van der Waals surface area contributed by atoms with Gasteiger partial charge < -0.3 is 0 Å². The number of hydrazine groups is 1. The molecule has 10 heteroatoms. The van der Waals surface area contributed by atoms with Gasteiger partial charge >= 0.3 is 0 Å². The predicted molar refractivity (Wildman–Crippen MR) is 96.6 cm³/mol. The Morgan fingerprint density at radius 1 is 1.36 bits per heavy atom. The standard InChI is InChI=1S/C15H19N7O2S/c1-3-15(4-2)19-18-14-21(20-15)13-12(25-14)11(16-17-13)9-6-5-7-10(8-9)22(23)24/h5-8,11-12,16,19-20H,3-4H2,1-2H3. The maximum absolute atomic E-state index is 11.0. The Morgan fingerprint density at radius 2 is 2.16 bits per heavy atom. The van der Waals surface area contributed by atoms with Crippen LogP contribution in [0.4, 0.5) is 5.69 Å². The van der Waals surface area contributed by atoms with Gasteiger partial charge in [-0.15, -0.1) is 0 Å². The Balaban J connectivity index is 1.60. The molecule has 3 N–H and O–H groups in total. The van der Waals surface area contributed by atoms with E-state index in [1.54, 1.807) is 23.9 Å². The van der Waals surface area contributed by atoms with Crippen LogP contribution >= 0.6 is 11.8 Å². The molecule has 3 aliphatic heterocycles. The minimum atomic E-state index is -0.377. The molecule has 25 heavy (non-hydrogen) atoms. The van der Waals surface area contributed by atoms with Gasteiger partial charge in [-0.05, 0) is 18.4 Å². The SMILES string of the molecule is CCC1(CC)NN=C2SC3C(=NNC3c3cccc([N+](=O)[O-])c3)N2N1. The van der Waals surface area contributed by atoms with Crippen LogP contribution in [0, 0.1) is 10.1 Å². The third-order valence-electron chi connectivity index (χ3n) is 4.87. The molecule has 0 radical (unpaired) electrons. The van der Waals surface area contributed by atoms with Crippen LogP contribution in [0.25, 0.3) is 0 Å². The second-order valence-corrected chi connectivity index (χ2v) is 7.32. The molecule has 4 rings (SSSR count). The van der Waals surface area contributed by atoms with Gasteiger partial charge in [0.15, 0.2) is 5.84 Å². The van der Waals surface area contributed by atoms with Crippen LogP contribution in [0.1, 0.15) is 38.3 Å². The highest BCUT2D eigenvalue weighted by molar-refractivity contribution is 8.15. The molecule has 2 unspecified atom stereocenters. The lowest BCUT2D eigenvalue weighted by atomic mass is 10.0. The van der Waals surface area contributed by atoms with Gasteiger partial charge in [0.1, 0.15) is 5.66 Å². The number of hydrazone groups is 2. The van der Waals surface area contributed by atoms with Crippen molar-refractivity contribution in [3.05, 3.63) is 39.9 Å². The second-order valence-electron chi connectivity index (χ2n) is 6.21. The normalized spacial score (nSPS) is 26.1. The van der Waals surface area contributed by atoms with Crippen molar-refractivity contribution in [3.63, 3.8) is 0 Å². The second kappa shape index (κ2) is 5.88. The van der Waals surface area contributed by atoms with Crippen molar-refractivity contribution < 1.29 is 4.92 Å². The van der Waals surface area contributed by atoms with Gasteiger partial charge in [-0.3, -0.25) is 21.0 Å². The average molecular weight is 361 g/mol. The van der Waals surface area contributed by atoms with E-state index in [1.807, 2.05) is 11.1 Å². The van der Waals surface area contributed by atoms with Crippen molar-refractivity contribution in [1.82, 2.24) is 21.3 Å². The van der Waals surface area contributed by atoms with Crippen LogP contribution in [0.5, 0.6) is 0 Å². The van der Waals surface area contributed by atoms with Crippen molar-refractivity contribution in [2.24, 2.45) is 10.2 Å². The van der Waals surface area contributed by atoms with Crippen molar-refractivity contribution >= 4 is 28.5 Å². The van der Waals surface area contributed by atoms with E-state index in [0.29, 0.717) is 0 Å². The molecule has 0 saturated carbocycles. The van der Waals surface area contributed by atoms with Gasteiger partial charge in [0.2, 0.25) is 5.17 Å². The van der Waals surface area contributed by atoms with E-state index in [2.05, 4.69) is 40.3 Å². The Kier molecular flexibility index (Phi) is 3.80. The number of nitrogens with zero attached hydrogens (tertiary/aromatic N) is 4. The molecule has 2 atom stereocenters. The highest BCUT2D eigenvalue weighted by atomic mass is 32.2. The van der Waals surface area contributed by atoms with E-state index >= 15 is 0 Å². The summed E-state index contributed by atoms with van der Waals surface area (Å²) in [5.74, 6) is 0.855. The Hall–Kier alpha value is -2.33. The van der Waals surface area contributed by atoms with Crippen LogP contribution in [0.2, 0.25) is 0 Å². The van der Waals surface area contributed by atoms with Crippen molar-refractivity contribution in [2.45, 2.75) is 43.6 Å². The number of benzene rings is 1. The Bertz CT molecular complexity index is 777. The minimum Gasteiger partial charge on any atom is -0.299 e. The molecule has 0 aromatic heterocycles. The van der Waals surface area contributed by atoms with Gasteiger partial charge in [-0.1, -0.05) is 37.7 Å². The maximum atomic E-state index is 11.0. The molecule has 3 aliphatic rings. The Labute approximate surface area is 149 Å². The lowest BCUT2D eigenvalue weighted by molar-refractivity contribution is -0.384. The van der Waals surface area contributed by atoms with Crippen LogP contribution in [-0.2, 0) is 0 Å². The van der Waals surface area contributed by atoms with E-state index in [0.717, 1.165) is 29.4 Å². The van der Waals surface area contributed by atoms with E-state index in [1.165, 1.54) is 6.07 Å². The fourth-order valence-corrected chi connectivity index (χ4v) is 4.39. The first-order valence-electron chi connectivity index (χ1n) is 8.24. The van der Waals surface area contributed by atoms with Crippen LogP contribution in [0.15, 0.2) is 34.5 Å². The smallest absolute Gasteiger partial charge is 0.269 e. The summed E-state index contributed by atoms with van der Waals surface area (Å²) in [6.07, 6.45) is 1.75. The number of non-ortho nitro benzene ring substituents is 1. The number of nitro groups is 1. The molecular weight excluding hydrogens is 342 g/mol. The highest BCUT2D eigenvalue weighted by Crippen LogP contribution is 2.41. The molecule has 0 bridgehead atoms. The summed E-state index contributed by atoms with van der Waals surface area (Å²) >= 11 is 1.59. The zero-order chi connectivity index (χ0) is 17.6. The predicted octanol–water partition coefficient (Wildman–Crippen LogP) is 1.87. The maximum Gasteiger partial charge on any atom is 0.269 e. The lowest BCUT2D eigenvalue weighted by Crippen LogP contribution is -2.65. The Morgan fingerprint density at radius 3 is 2.88 bits per heavy atom. The number of hydrogen-bond acceptors (Lipinski definition) is 9. The quantitative estimate of drug-likeness (QED) is 0.555. The number of thioether (sulfide) groups is 1. The monoisotopic (exact) mass is 361 g/mol. The molecule has 0 amide bonds. The topological polar surface area (TPSA) is 107 Å². The van der Waals surface area contributed by atoms with Crippen molar-refractivity contribution in [3.8, 4) is 0 Å². The van der Waals surface area contributed by atoms with E-state index < -0.39 is 0 Å². The first-order valence-corrected chi connectivity index (χ1v) is 9.12. The van der Waals surface area contributed by atoms with Crippen LogP contribution in [-0.4, -0.2) is 31.8 Å². The summed E-state index contributed by atoms with van der Waals surface area (Å²) in [5.41, 5.74) is 10.5. The van der Waals surface area contributed by atoms with Crippen molar-refractivity contribution in [2.75, 3.05) is 0 Å². The first-order chi connectivity index (χ1) is 12.1. The molecule has 3 heterocycles. The largest absolute Gasteiger partial charge is 0.299 e. The van der Waals surface area contributed by atoms with Gasteiger partial charge in [0.25, 0.3) is 5.69 Å². The lowest BCUT2D eigenvalue weighted by Gasteiger charge is -2.40. The summed E-state index contributed by atoms with van der Waals surface area (Å²) in [7, 11) is 0. The molecule has 132 valence electrons. The number of hydrogen-bond donors (Lipinski definition) is 3.